The lowest BCUT2D eigenvalue weighted by Gasteiger charge is -2.28. The van der Waals surface area contributed by atoms with Crippen molar-refractivity contribution in [3.05, 3.63) is 17.7 Å². The zero-order chi connectivity index (χ0) is 11.7. The highest BCUT2D eigenvalue weighted by atomic mass is 16.6. The van der Waals surface area contributed by atoms with Crippen LogP contribution in [0.4, 0.5) is 0 Å². The van der Waals surface area contributed by atoms with Gasteiger partial charge in [-0.25, -0.2) is 0 Å². The zero-order valence-electron chi connectivity index (χ0n) is 9.44. The molecular formula is C12H15NO4. The molecule has 1 fully saturated rings. The highest BCUT2D eigenvalue weighted by Gasteiger charge is 2.25. The van der Waals surface area contributed by atoms with E-state index in [-0.39, 0.29) is 11.9 Å². The van der Waals surface area contributed by atoms with Crippen molar-refractivity contribution in [2.45, 2.75) is 6.10 Å². The molecule has 0 saturated carbocycles. The fourth-order valence-electron chi connectivity index (χ4n) is 2.17. The molecule has 2 N–H and O–H groups in total. The fraction of sp³-hybridized carbons (Fsp3) is 0.500. The molecule has 1 saturated heterocycles. The number of aromatic hydroxyl groups is 1. The van der Waals surface area contributed by atoms with Crippen LogP contribution in [0.25, 0.3) is 0 Å². The van der Waals surface area contributed by atoms with Crippen LogP contribution in [0.15, 0.2) is 12.1 Å². The van der Waals surface area contributed by atoms with Crippen LogP contribution in [-0.2, 0) is 4.74 Å². The minimum Gasteiger partial charge on any atom is -0.508 e. The number of rotatable bonds is 1. The van der Waals surface area contributed by atoms with Crippen molar-refractivity contribution < 1.29 is 19.3 Å². The van der Waals surface area contributed by atoms with Crippen molar-refractivity contribution in [1.82, 2.24) is 5.32 Å². The van der Waals surface area contributed by atoms with E-state index in [4.69, 9.17) is 14.2 Å². The van der Waals surface area contributed by atoms with Gasteiger partial charge in [0.1, 0.15) is 19.0 Å². The lowest BCUT2D eigenvalue weighted by atomic mass is 10.1. The largest absolute Gasteiger partial charge is 0.508 e. The Hall–Kier alpha value is -1.46. The second-order valence-electron chi connectivity index (χ2n) is 4.12. The summed E-state index contributed by atoms with van der Waals surface area (Å²) < 4.78 is 16.8. The molecule has 17 heavy (non-hydrogen) atoms. The number of fused-ring (bicyclic) bond motifs is 1. The van der Waals surface area contributed by atoms with Crippen LogP contribution in [0.1, 0.15) is 11.7 Å². The van der Waals surface area contributed by atoms with Crippen LogP contribution in [0, 0.1) is 0 Å². The van der Waals surface area contributed by atoms with Crippen molar-refractivity contribution in [1.29, 1.82) is 0 Å². The van der Waals surface area contributed by atoms with Crippen LogP contribution in [-0.4, -0.2) is 38.0 Å². The molecule has 2 aliphatic heterocycles. The number of nitrogens with one attached hydrogen (secondary N) is 1. The Morgan fingerprint density at radius 1 is 1.18 bits per heavy atom. The topological polar surface area (TPSA) is 60.0 Å². The number of hydrogen-bond acceptors (Lipinski definition) is 5. The number of hydrogen-bond donors (Lipinski definition) is 2. The average molecular weight is 237 g/mol. The summed E-state index contributed by atoms with van der Waals surface area (Å²) in [5, 5.41) is 12.9. The maximum atomic E-state index is 9.69. The van der Waals surface area contributed by atoms with E-state index in [1.54, 1.807) is 12.1 Å². The first-order valence-electron chi connectivity index (χ1n) is 5.79. The highest BCUT2D eigenvalue weighted by molar-refractivity contribution is 5.53. The molecule has 92 valence electrons. The third-order valence-electron chi connectivity index (χ3n) is 2.93. The highest BCUT2D eigenvalue weighted by Crippen LogP contribution is 2.41. The molecule has 0 aromatic heterocycles. The predicted molar refractivity (Wildman–Crippen MR) is 60.7 cm³/mol. The smallest absolute Gasteiger partial charge is 0.167 e. The first-order valence-corrected chi connectivity index (χ1v) is 5.79. The van der Waals surface area contributed by atoms with Crippen molar-refractivity contribution in [2.75, 3.05) is 32.9 Å². The van der Waals surface area contributed by atoms with Crippen LogP contribution >= 0.6 is 0 Å². The van der Waals surface area contributed by atoms with Crippen LogP contribution in [0.2, 0.25) is 0 Å². The predicted octanol–water partition coefficient (Wildman–Crippen LogP) is 0.824. The lowest BCUT2D eigenvalue weighted by molar-refractivity contribution is 0.0243. The zero-order valence-corrected chi connectivity index (χ0v) is 9.44. The minimum atomic E-state index is -0.0914. The molecule has 0 bridgehead atoms. The Bertz CT molecular complexity index is 415. The number of ether oxygens (including phenoxy) is 3. The van der Waals surface area contributed by atoms with Gasteiger partial charge in [-0.2, -0.15) is 0 Å². The molecular weight excluding hydrogens is 222 g/mol. The van der Waals surface area contributed by atoms with Gasteiger partial charge in [0.25, 0.3) is 0 Å². The van der Waals surface area contributed by atoms with Gasteiger partial charge in [0.2, 0.25) is 0 Å². The second kappa shape index (κ2) is 4.43. The molecule has 3 rings (SSSR count). The summed E-state index contributed by atoms with van der Waals surface area (Å²) in [7, 11) is 0. The van der Waals surface area contributed by atoms with E-state index in [2.05, 4.69) is 5.32 Å². The Kier molecular flexibility index (Phi) is 2.78. The molecule has 1 aromatic rings. The number of morpholine rings is 1. The maximum absolute atomic E-state index is 9.69. The Morgan fingerprint density at radius 3 is 2.88 bits per heavy atom. The molecule has 1 atom stereocenters. The van der Waals surface area contributed by atoms with Gasteiger partial charge in [-0.3, -0.25) is 0 Å². The van der Waals surface area contributed by atoms with Crippen molar-refractivity contribution >= 4 is 0 Å². The third kappa shape index (κ3) is 2.03. The van der Waals surface area contributed by atoms with Gasteiger partial charge in [-0.15, -0.1) is 0 Å². The van der Waals surface area contributed by atoms with E-state index < -0.39 is 0 Å². The van der Waals surface area contributed by atoms with Gasteiger partial charge >= 0.3 is 0 Å². The van der Waals surface area contributed by atoms with E-state index >= 15 is 0 Å². The summed E-state index contributed by atoms with van der Waals surface area (Å²) in [6.07, 6.45) is -0.0914. The summed E-state index contributed by atoms with van der Waals surface area (Å²) in [5.74, 6) is 1.47. The summed E-state index contributed by atoms with van der Waals surface area (Å²) in [6, 6.07) is 3.26. The molecule has 2 heterocycles. The molecule has 1 aromatic carbocycles. The number of benzene rings is 1. The van der Waals surface area contributed by atoms with E-state index in [9.17, 15) is 5.11 Å². The van der Waals surface area contributed by atoms with Crippen molar-refractivity contribution in [2.24, 2.45) is 0 Å². The minimum absolute atomic E-state index is 0.0914. The summed E-state index contributed by atoms with van der Waals surface area (Å²) in [4.78, 5) is 0. The van der Waals surface area contributed by atoms with Gasteiger partial charge in [-0.05, 0) is 6.07 Å². The quantitative estimate of drug-likeness (QED) is 0.757. The molecule has 5 heteroatoms. The normalized spacial score (nSPS) is 23.4. The first kappa shape index (κ1) is 10.7. The van der Waals surface area contributed by atoms with Crippen molar-refractivity contribution in [3.63, 3.8) is 0 Å². The van der Waals surface area contributed by atoms with Gasteiger partial charge < -0.3 is 24.6 Å². The molecule has 1 unspecified atom stereocenters. The van der Waals surface area contributed by atoms with E-state index in [0.717, 1.165) is 18.7 Å². The molecule has 2 aliphatic rings. The molecule has 0 aliphatic carbocycles. The summed E-state index contributed by atoms with van der Waals surface area (Å²) in [6.45, 7) is 3.29. The maximum Gasteiger partial charge on any atom is 0.167 e. The fourth-order valence-corrected chi connectivity index (χ4v) is 2.17. The Balaban J connectivity index is 1.98. The molecule has 5 nitrogen and oxygen atoms in total. The van der Waals surface area contributed by atoms with Crippen molar-refractivity contribution in [3.8, 4) is 17.2 Å². The van der Waals surface area contributed by atoms with Gasteiger partial charge in [0, 0.05) is 24.7 Å². The van der Waals surface area contributed by atoms with Gasteiger partial charge in [0.05, 0.1) is 12.7 Å². The number of phenolic OH excluding ortho intramolecular Hbond substituents is 1. The summed E-state index contributed by atoms with van der Waals surface area (Å²) >= 11 is 0. The second-order valence-corrected chi connectivity index (χ2v) is 4.12. The Morgan fingerprint density at radius 2 is 2.06 bits per heavy atom. The van der Waals surface area contributed by atoms with Crippen LogP contribution in [0.5, 0.6) is 17.2 Å². The molecule has 0 spiro atoms. The Labute approximate surface area is 99.3 Å². The average Bonchev–Trinajstić information content (AvgIpc) is 2.39. The summed E-state index contributed by atoms with van der Waals surface area (Å²) in [5.41, 5.74) is 0.854. The standard InChI is InChI=1S/C12H15NO4/c14-8-5-9(11-7-13-1-2-15-11)12-10(6-8)16-3-4-17-12/h5-6,11,13-14H,1-4,7H2. The lowest BCUT2D eigenvalue weighted by Crippen LogP contribution is -2.33. The van der Waals surface area contributed by atoms with E-state index in [0.29, 0.717) is 31.3 Å². The molecule has 0 amide bonds. The monoisotopic (exact) mass is 237 g/mol. The van der Waals surface area contributed by atoms with Crippen LogP contribution in [0.3, 0.4) is 0 Å². The SMILES string of the molecule is Oc1cc2c(c(C3CNCCO3)c1)OCCO2. The van der Waals surface area contributed by atoms with E-state index in [1.165, 1.54) is 0 Å². The third-order valence-corrected chi connectivity index (χ3v) is 2.93. The van der Waals surface area contributed by atoms with E-state index in [1.807, 2.05) is 0 Å². The van der Waals surface area contributed by atoms with Gasteiger partial charge in [-0.1, -0.05) is 0 Å². The van der Waals surface area contributed by atoms with Gasteiger partial charge in [0.15, 0.2) is 11.5 Å². The van der Waals surface area contributed by atoms with Crippen LogP contribution < -0.4 is 14.8 Å². The molecule has 0 radical (unpaired) electrons. The number of phenols is 1. The first-order chi connectivity index (χ1) is 8.34.